The summed E-state index contributed by atoms with van der Waals surface area (Å²) >= 11 is 0. The first-order chi connectivity index (χ1) is 19.0. The first-order valence-corrected chi connectivity index (χ1v) is 17.7. The zero-order chi connectivity index (χ0) is 28.2. The predicted molar refractivity (Wildman–Crippen MR) is 168 cm³/mol. The van der Waals surface area contributed by atoms with E-state index in [2.05, 4.69) is 13.8 Å². The number of phenolic OH excluding ortho intramolecular Hbond substituents is 1. The number of nitrogens with zero attached hydrogens (tertiary/aromatic N) is 1. The highest BCUT2D eigenvalue weighted by atomic mass is 32.2. The molecule has 0 heterocycles. The van der Waals surface area contributed by atoms with Gasteiger partial charge in [-0.15, -0.1) is 0 Å². The van der Waals surface area contributed by atoms with Crippen molar-refractivity contribution in [3.63, 3.8) is 0 Å². The Hall–Kier alpha value is -1.59. The highest BCUT2D eigenvalue weighted by Crippen LogP contribution is 2.32. The molecule has 39 heavy (non-hydrogen) atoms. The van der Waals surface area contributed by atoms with E-state index in [0.717, 1.165) is 25.7 Å². The van der Waals surface area contributed by atoms with Crippen LogP contribution in [-0.2, 0) is 10.0 Å². The van der Waals surface area contributed by atoms with Crippen LogP contribution in [-0.4, -0.2) is 30.9 Å². The molecule has 2 aromatic rings. The second-order valence-electron chi connectivity index (χ2n) is 11.4. The van der Waals surface area contributed by atoms with Gasteiger partial charge in [-0.25, -0.2) is 8.42 Å². The molecule has 0 bridgehead atoms. The molecule has 0 saturated carbocycles. The maximum absolute atomic E-state index is 13.9. The lowest BCUT2D eigenvalue weighted by Gasteiger charge is -2.23. The summed E-state index contributed by atoms with van der Waals surface area (Å²) in [6.45, 7) is 5.66. The summed E-state index contributed by atoms with van der Waals surface area (Å²) in [6, 6.07) is 10.4. The molecular weight excluding hydrogens is 502 g/mol. The number of fused-ring (bicyclic) bond motifs is 1. The number of unbranched alkanes of at least 4 members (excludes halogenated alkanes) is 18. The molecule has 0 aliphatic rings. The van der Waals surface area contributed by atoms with Crippen LogP contribution in [0.3, 0.4) is 0 Å². The number of hydrogen-bond donors (Lipinski definition) is 1. The van der Waals surface area contributed by atoms with Crippen LogP contribution in [0.15, 0.2) is 41.3 Å². The van der Waals surface area contributed by atoms with Crippen LogP contribution in [0.25, 0.3) is 10.8 Å². The number of rotatable bonds is 24. The van der Waals surface area contributed by atoms with Crippen molar-refractivity contribution in [2.24, 2.45) is 0 Å². The Balaban J connectivity index is 1.89. The van der Waals surface area contributed by atoms with Crippen LogP contribution in [0.5, 0.6) is 5.75 Å². The van der Waals surface area contributed by atoms with Crippen LogP contribution in [0.1, 0.15) is 142 Å². The third-order valence-corrected chi connectivity index (χ3v) is 9.96. The molecule has 0 aliphatic carbocycles. The fourth-order valence-corrected chi connectivity index (χ4v) is 7.24. The summed E-state index contributed by atoms with van der Waals surface area (Å²) in [7, 11) is -3.64. The van der Waals surface area contributed by atoms with E-state index in [4.69, 9.17) is 0 Å². The van der Waals surface area contributed by atoms with Crippen molar-refractivity contribution in [2.45, 2.75) is 147 Å². The zero-order valence-electron chi connectivity index (χ0n) is 25.1. The van der Waals surface area contributed by atoms with Gasteiger partial charge in [-0.05, 0) is 25.0 Å². The van der Waals surface area contributed by atoms with Gasteiger partial charge < -0.3 is 5.11 Å². The van der Waals surface area contributed by atoms with Gasteiger partial charge in [0.2, 0.25) is 10.0 Å². The molecular formula is C34H57NO3S. The first kappa shape index (κ1) is 33.6. The number of benzene rings is 2. The normalized spacial score (nSPS) is 12.1. The molecule has 0 fully saturated rings. The van der Waals surface area contributed by atoms with Gasteiger partial charge in [-0.1, -0.05) is 154 Å². The zero-order valence-corrected chi connectivity index (χ0v) is 26.0. The minimum Gasteiger partial charge on any atom is -0.507 e. The number of aromatic hydroxyl groups is 1. The monoisotopic (exact) mass is 559 g/mol. The van der Waals surface area contributed by atoms with Crippen molar-refractivity contribution in [1.29, 1.82) is 0 Å². The Morgan fingerprint density at radius 3 is 1.36 bits per heavy atom. The van der Waals surface area contributed by atoms with Gasteiger partial charge in [0.15, 0.2) is 0 Å². The molecule has 0 amide bonds. The predicted octanol–water partition coefficient (Wildman–Crippen LogP) is 10.4. The molecule has 2 aromatic carbocycles. The average molecular weight is 560 g/mol. The third-order valence-electron chi connectivity index (χ3n) is 8.00. The van der Waals surface area contributed by atoms with Gasteiger partial charge >= 0.3 is 0 Å². The molecule has 0 unspecified atom stereocenters. The van der Waals surface area contributed by atoms with Crippen LogP contribution >= 0.6 is 0 Å². The fraction of sp³-hybridized carbons (Fsp3) is 0.706. The number of sulfonamides is 1. The lowest BCUT2D eigenvalue weighted by molar-refractivity contribution is 0.383. The topological polar surface area (TPSA) is 57.6 Å². The molecule has 0 spiro atoms. The maximum atomic E-state index is 13.9. The molecule has 2 rings (SSSR count). The van der Waals surface area contributed by atoms with Gasteiger partial charge in [0.1, 0.15) is 5.75 Å². The molecule has 4 nitrogen and oxygen atoms in total. The Kier molecular flexibility index (Phi) is 17.5. The van der Waals surface area contributed by atoms with E-state index in [1.807, 2.05) is 12.1 Å². The van der Waals surface area contributed by atoms with Gasteiger partial charge in [0, 0.05) is 23.9 Å². The van der Waals surface area contributed by atoms with E-state index in [9.17, 15) is 13.5 Å². The Morgan fingerprint density at radius 2 is 0.923 bits per heavy atom. The van der Waals surface area contributed by atoms with E-state index in [1.165, 1.54) is 109 Å². The number of phenols is 1. The van der Waals surface area contributed by atoms with Gasteiger partial charge in [0.05, 0.1) is 4.90 Å². The SMILES string of the molecule is CCCCCCCCCCCCN(CCCCCCCCCCCC)S(=O)(=O)c1ccc(O)c2ccccc12. The van der Waals surface area contributed by atoms with Crippen LogP contribution in [0.2, 0.25) is 0 Å². The molecule has 222 valence electrons. The van der Waals surface area contributed by atoms with Crippen molar-refractivity contribution in [2.75, 3.05) is 13.1 Å². The summed E-state index contributed by atoms with van der Waals surface area (Å²) in [5.41, 5.74) is 0. The maximum Gasteiger partial charge on any atom is 0.243 e. The van der Waals surface area contributed by atoms with E-state index in [0.29, 0.717) is 28.8 Å². The summed E-state index contributed by atoms with van der Waals surface area (Å²) in [5.74, 6) is 0.125. The molecule has 0 saturated heterocycles. The Morgan fingerprint density at radius 1 is 0.538 bits per heavy atom. The summed E-state index contributed by atoms with van der Waals surface area (Å²) in [6.07, 6.45) is 24.8. The van der Waals surface area contributed by atoms with E-state index in [-0.39, 0.29) is 5.75 Å². The van der Waals surface area contributed by atoms with Crippen LogP contribution in [0.4, 0.5) is 0 Å². The van der Waals surface area contributed by atoms with Crippen molar-refractivity contribution < 1.29 is 13.5 Å². The van der Waals surface area contributed by atoms with Crippen molar-refractivity contribution >= 4 is 20.8 Å². The number of hydrogen-bond acceptors (Lipinski definition) is 3. The van der Waals surface area contributed by atoms with Gasteiger partial charge in [-0.2, -0.15) is 4.31 Å². The minimum atomic E-state index is -3.64. The van der Waals surface area contributed by atoms with Crippen molar-refractivity contribution in [3.8, 4) is 5.75 Å². The van der Waals surface area contributed by atoms with Crippen LogP contribution < -0.4 is 0 Å². The van der Waals surface area contributed by atoms with Gasteiger partial charge in [-0.3, -0.25) is 0 Å². The minimum absolute atomic E-state index is 0.125. The molecule has 0 atom stereocenters. The quantitative estimate of drug-likeness (QED) is 0.130. The van der Waals surface area contributed by atoms with E-state index in [1.54, 1.807) is 22.5 Å². The molecule has 5 heteroatoms. The lowest BCUT2D eigenvalue weighted by atomic mass is 10.1. The standard InChI is InChI=1S/C34H57NO3S/c1-3-5-7-9-11-13-15-17-19-23-29-35(30-24-20-18-16-14-12-10-8-6-4-2)39(37,38)34-28-27-33(36)31-25-21-22-26-32(31)34/h21-22,25-28,36H,3-20,23-24,29-30H2,1-2H3. The van der Waals surface area contributed by atoms with E-state index >= 15 is 0 Å². The van der Waals surface area contributed by atoms with Crippen molar-refractivity contribution in [3.05, 3.63) is 36.4 Å². The second-order valence-corrected chi connectivity index (χ2v) is 13.3. The third kappa shape index (κ3) is 12.6. The highest BCUT2D eigenvalue weighted by molar-refractivity contribution is 7.89. The summed E-state index contributed by atoms with van der Waals surface area (Å²) in [5, 5.41) is 11.5. The average Bonchev–Trinajstić information content (AvgIpc) is 2.94. The molecule has 0 aromatic heterocycles. The lowest BCUT2D eigenvalue weighted by Crippen LogP contribution is -2.33. The van der Waals surface area contributed by atoms with Crippen molar-refractivity contribution in [1.82, 2.24) is 4.31 Å². The molecule has 1 N–H and O–H groups in total. The molecule has 0 aliphatic heterocycles. The first-order valence-electron chi connectivity index (χ1n) is 16.2. The van der Waals surface area contributed by atoms with E-state index < -0.39 is 10.0 Å². The Bertz CT molecular complexity index is 981. The summed E-state index contributed by atoms with van der Waals surface area (Å²) < 4.78 is 29.5. The smallest absolute Gasteiger partial charge is 0.243 e. The largest absolute Gasteiger partial charge is 0.507 e. The summed E-state index contributed by atoms with van der Waals surface area (Å²) in [4.78, 5) is 0.315. The molecule has 0 radical (unpaired) electrons. The van der Waals surface area contributed by atoms with Gasteiger partial charge in [0.25, 0.3) is 0 Å². The fourth-order valence-electron chi connectivity index (χ4n) is 5.52. The second kappa shape index (κ2) is 20.3. The highest BCUT2D eigenvalue weighted by Gasteiger charge is 2.26. The Labute approximate surface area is 240 Å². The van der Waals surface area contributed by atoms with Crippen LogP contribution in [0, 0.1) is 0 Å².